The summed E-state index contributed by atoms with van der Waals surface area (Å²) in [7, 11) is -3.62. The standard InChI is InChI=1S/C7H7ClNO2S.C5H9NO3.Na/c1-6-2-4-7(5-3-6)12(10,11)9-8;7-5(8)4-2-1-3-6(4)9;/h2-5H,1H3;4,9H,1-3H2,(H,7,8);/q-1;;+1. The van der Waals surface area contributed by atoms with Gasteiger partial charge in [0.05, 0.1) is 0 Å². The molecule has 0 amide bonds. The van der Waals surface area contributed by atoms with Gasteiger partial charge in [-0.05, 0) is 31.9 Å². The summed E-state index contributed by atoms with van der Waals surface area (Å²) in [6, 6.07) is 5.65. The van der Waals surface area contributed by atoms with Crippen molar-refractivity contribution < 1.29 is 53.1 Å². The van der Waals surface area contributed by atoms with Crippen LogP contribution in [-0.4, -0.2) is 42.4 Å². The average Bonchev–Trinajstić information content (AvgIpc) is 2.86. The Morgan fingerprint density at radius 3 is 2.23 bits per heavy atom. The second-order valence-electron chi connectivity index (χ2n) is 4.52. The van der Waals surface area contributed by atoms with Gasteiger partial charge in [-0.1, -0.05) is 17.7 Å². The maximum absolute atomic E-state index is 11.0. The van der Waals surface area contributed by atoms with Crippen molar-refractivity contribution in [1.29, 1.82) is 0 Å². The zero-order valence-corrected chi connectivity index (χ0v) is 15.9. The number of halogens is 1. The van der Waals surface area contributed by atoms with Crippen LogP contribution in [0.15, 0.2) is 29.2 Å². The molecule has 0 bridgehead atoms. The Bertz CT molecular complexity index is 582. The molecule has 0 radical (unpaired) electrons. The quantitative estimate of drug-likeness (QED) is 0.681. The van der Waals surface area contributed by atoms with E-state index in [4.69, 9.17) is 22.1 Å². The molecule has 1 heterocycles. The molecule has 1 aromatic rings. The van der Waals surface area contributed by atoms with Crippen molar-refractivity contribution in [3.63, 3.8) is 0 Å². The van der Waals surface area contributed by atoms with Crippen molar-refractivity contribution in [1.82, 2.24) is 5.06 Å². The van der Waals surface area contributed by atoms with Gasteiger partial charge in [0.1, 0.15) is 16.1 Å². The van der Waals surface area contributed by atoms with Crippen molar-refractivity contribution in [2.24, 2.45) is 0 Å². The predicted octanol–water partition coefficient (Wildman–Crippen LogP) is -0.860. The third kappa shape index (κ3) is 6.51. The number of sulfonamides is 1. The largest absolute Gasteiger partial charge is 1.00 e. The summed E-state index contributed by atoms with van der Waals surface area (Å²) < 4.78 is 24.8. The van der Waals surface area contributed by atoms with Crippen LogP contribution in [-0.2, 0) is 14.8 Å². The number of hydrogen-bond acceptors (Lipinski definition) is 5. The van der Waals surface area contributed by atoms with Crippen molar-refractivity contribution in [3.8, 4) is 0 Å². The number of nitrogens with zero attached hydrogens (tertiary/aromatic N) is 2. The first-order valence-corrected chi connectivity index (χ1v) is 7.89. The van der Waals surface area contributed by atoms with Crippen LogP contribution in [0.1, 0.15) is 18.4 Å². The van der Waals surface area contributed by atoms with Crippen LogP contribution >= 0.6 is 11.8 Å². The van der Waals surface area contributed by atoms with Crippen molar-refractivity contribution in [3.05, 3.63) is 34.1 Å². The molecule has 2 rings (SSSR count). The minimum Gasteiger partial charge on any atom is -0.480 e. The summed E-state index contributed by atoms with van der Waals surface area (Å²) >= 11 is 4.90. The molecule has 118 valence electrons. The number of hydrogen-bond donors (Lipinski definition) is 2. The first-order chi connectivity index (χ1) is 9.77. The van der Waals surface area contributed by atoms with Gasteiger partial charge in [-0.3, -0.25) is 16.6 Å². The molecule has 1 fully saturated rings. The molecule has 0 saturated carbocycles. The Balaban J connectivity index is 0.000000397. The second kappa shape index (κ2) is 9.84. The monoisotopic (exact) mass is 358 g/mol. The van der Waals surface area contributed by atoms with E-state index in [1.165, 1.54) is 12.1 Å². The van der Waals surface area contributed by atoms with Crippen LogP contribution in [0.3, 0.4) is 0 Å². The molecule has 0 spiro atoms. The zero-order chi connectivity index (χ0) is 16.0. The number of carbonyl (C=O) groups is 1. The zero-order valence-electron chi connectivity index (χ0n) is 12.3. The average molecular weight is 359 g/mol. The van der Waals surface area contributed by atoms with Gasteiger partial charge in [-0.25, -0.2) is 8.42 Å². The van der Waals surface area contributed by atoms with Crippen molar-refractivity contribution in [2.75, 3.05) is 6.54 Å². The molecule has 2 N–H and O–H groups in total. The van der Waals surface area contributed by atoms with E-state index in [-0.39, 0.29) is 34.5 Å². The van der Waals surface area contributed by atoms with Crippen LogP contribution in [0.5, 0.6) is 0 Å². The summed E-state index contributed by atoms with van der Waals surface area (Å²) in [5.41, 5.74) is 0.989. The molecule has 22 heavy (non-hydrogen) atoms. The van der Waals surface area contributed by atoms with Gasteiger partial charge in [-0.2, -0.15) is 5.06 Å². The second-order valence-corrected chi connectivity index (χ2v) is 6.49. The van der Waals surface area contributed by atoms with E-state index in [1.807, 2.05) is 6.92 Å². The fraction of sp³-hybridized carbons (Fsp3) is 0.417. The number of rotatable bonds is 3. The normalized spacial score (nSPS) is 18.0. The number of hydroxylamine groups is 2. The Morgan fingerprint density at radius 1 is 1.36 bits per heavy atom. The van der Waals surface area contributed by atoms with Crippen LogP contribution in [0.4, 0.5) is 0 Å². The summed E-state index contributed by atoms with van der Waals surface area (Å²) in [5.74, 6) is -0.935. The third-order valence-corrected chi connectivity index (χ3v) is 4.51. The molecular weight excluding hydrogens is 343 g/mol. The topological polar surface area (TPSA) is 109 Å². The van der Waals surface area contributed by atoms with Gasteiger partial charge >= 0.3 is 35.5 Å². The third-order valence-electron chi connectivity index (χ3n) is 2.92. The number of carboxylic acids is 1. The van der Waals surface area contributed by atoms with Crippen LogP contribution in [0.2, 0.25) is 0 Å². The van der Waals surface area contributed by atoms with E-state index in [9.17, 15) is 13.2 Å². The number of aryl methyl sites for hydroxylation is 1. The molecule has 0 aliphatic carbocycles. The molecule has 1 atom stereocenters. The molecule has 1 unspecified atom stereocenters. The molecule has 1 aromatic carbocycles. The summed E-state index contributed by atoms with van der Waals surface area (Å²) in [4.78, 5) is 10.3. The number of benzene rings is 1. The maximum atomic E-state index is 11.0. The molecule has 0 aromatic heterocycles. The van der Waals surface area contributed by atoms with E-state index >= 15 is 0 Å². The van der Waals surface area contributed by atoms with Gasteiger partial charge in [-0.15, -0.1) is 0 Å². The smallest absolute Gasteiger partial charge is 0.480 e. The van der Waals surface area contributed by atoms with E-state index in [2.05, 4.69) is 4.24 Å². The number of carboxylic acid groups (broad SMARTS) is 1. The van der Waals surface area contributed by atoms with Crippen LogP contribution in [0, 0.1) is 6.92 Å². The van der Waals surface area contributed by atoms with Gasteiger partial charge < -0.3 is 14.6 Å². The minimum atomic E-state index is -3.62. The SMILES string of the molecule is Cc1ccc(S(=O)(=O)[N-]Cl)cc1.O=C(O)C1CCCN1O.[Na+]. The van der Waals surface area contributed by atoms with Gasteiger partial charge in [0.2, 0.25) is 0 Å². The predicted molar refractivity (Wildman–Crippen MR) is 76.7 cm³/mol. The Labute approximate surface area is 156 Å². The first-order valence-electron chi connectivity index (χ1n) is 6.11. The molecule has 10 heteroatoms. The number of aliphatic carboxylic acids is 1. The maximum Gasteiger partial charge on any atom is 1.00 e. The molecule has 1 saturated heterocycles. The first kappa shape index (κ1) is 21.8. The van der Waals surface area contributed by atoms with Crippen LogP contribution < -0.4 is 29.6 Å². The van der Waals surface area contributed by atoms with Crippen molar-refractivity contribution in [2.45, 2.75) is 30.7 Å². The fourth-order valence-electron chi connectivity index (χ4n) is 1.75. The Hall–Kier alpha value is -0.190. The summed E-state index contributed by atoms with van der Waals surface area (Å²) in [6.07, 6.45) is 1.33. The van der Waals surface area contributed by atoms with E-state index < -0.39 is 22.0 Å². The molecular formula is C12H16ClN2NaO5S. The van der Waals surface area contributed by atoms with Gasteiger partial charge in [0, 0.05) is 11.4 Å². The Kier molecular flexibility index (Phi) is 9.75. The van der Waals surface area contributed by atoms with Gasteiger partial charge in [0.15, 0.2) is 0 Å². The minimum absolute atomic E-state index is 0. The van der Waals surface area contributed by atoms with Gasteiger partial charge in [0.25, 0.3) is 0 Å². The van der Waals surface area contributed by atoms with E-state index in [1.54, 1.807) is 12.1 Å². The Morgan fingerprint density at radius 2 is 1.91 bits per heavy atom. The van der Waals surface area contributed by atoms with Crippen LogP contribution in [0.25, 0.3) is 4.24 Å². The van der Waals surface area contributed by atoms with E-state index in [0.717, 1.165) is 17.0 Å². The molecule has 7 nitrogen and oxygen atoms in total. The fourth-order valence-corrected chi connectivity index (χ4v) is 2.55. The summed E-state index contributed by atoms with van der Waals surface area (Å²) in [6.45, 7) is 2.35. The van der Waals surface area contributed by atoms with E-state index in [0.29, 0.717) is 13.0 Å². The van der Waals surface area contributed by atoms with Crippen molar-refractivity contribution >= 4 is 27.8 Å². The summed E-state index contributed by atoms with van der Waals surface area (Å²) in [5, 5.41) is 18.1. The molecule has 1 aliphatic heterocycles. The molecule has 1 aliphatic rings.